The number of amides is 3. The van der Waals surface area contributed by atoms with E-state index in [1.54, 1.807) is 47.4 Å². The Kier molecular flexibility index (Phi) is 5.95. The zero-order valence-electron chi connectivity index (χ0n) is 17.9. The number of hydrogen-bond acceptors (Lipinski definition) is 6. The highest BCUT2D eigenvalue weighted by Crippen LogP contribution is 2.38. The lowest BCUT2D eigenvalue weighted by atomic mass is 9.98. The van der Waals surface area contributed by atoms with E-state index in [-0.39, 0.29) is 29.5 Å². The molecule has 3 amide bonds. The van der Waals surface area contributed by atoms with Crippen LogP contribution in [-0.4, -0.2) is 36.4 Å². The van der Waals surface area contributed by atoms with E-state index in [9.17, 15) is 14.4 Å². The minimum absolute atomic E-state index is 0.0843. The number of carbonyl (C=O) groups excluding carboxylic acids is 3. The second-order valence-corrected chi connectivity index (χ2v) is 7.54. The second kappa shape index (κ2) is 8.99. The number of pyridine rings is 1. The highest BCUT2D eigenvalue weighted by molar-refractivity contribution is 5.98. The van der Waals surface area contributed by atoms with Gasteiger partial charge in [0.2, 0.25) is 5.91 Å². The molecular weight excluding hydrogens is 424 g/mol. The first kappa shape index (κ1) is 21.8. The summed E-state index contributed by atoms with van der Waals surface area (Å²) in [5.41, 5.74) is 12.5. The average Bonchev–Trinajstić information content (AvgIpc) is 3.21. The largest absolute Gasteiger partial charge is 0.493 e. The Labute approximate surface area is 189 Å². The normalized spacial score (nSPS) is 15.4. The smallest absolute Gasteiger partial charge is 0.267 e. The van der Waals surface area contributed by atoms with Crippen molar-refractivity contribution in [1.29, 1.82) is 0 Å². The topological polar surface area (TPSA) is 138 Å². The molecule has 1 unspecified atom stereocenters. The molecule has 1 aromatic heterocycles. The first-order chi connectivity index (χ1) is 15.9. The summed E-state index contributed by atoms with van der Waals surface area (Å²) in [6, 6.07) is 15.2. The summed E-state index contributed by atoms with van der Waals surface area (Å²) in [4.78, 5) is 41.5. The van der Waals surface area contributed by atoms with Crippen molar-refractivity contribution < 1.29 is 23.9 Å². The van der Waals surface area contributed by atoms with Crippen molar-refractivity contribution in [3.8, 4) is 17.2 Å². The minimum Gasteiger partial charge on any atom is -0.493 e. The molecule has 4 rings (SSSR count). The second-order valence-electron chi connectivity index (χ2n) is 7.54. The molecule has 168 valence electrons. The van der Waals surface area contributed by atoms with Gasteiger partial charge in [-0.25, -0.2) is 0 Å². The van der Waals surface area contributed by atoms with Crippen LogP contribution in [0.4, 0.5) is 5.69 Å². The molecule has 3 aromatic rings. The third kappa shape index (κ3) is 4.47. The fraction of sp³-hybridized carbons (Fsp3) is 0.167. The number of anilines is 1. The molecule has 0 aliphatic carbocycles. The van der Waals surface area contributed by atoms with Crippen LogP contribution >= 0.6 is 0 Å². The lowest BCUT2D eigenvalue weighted by Crippen LogP contribution is -2.25. The standard InChI is InChI=1S/C24H22N4O5/c1-32-20-7-6-14(10-21(20)33-19-5-3-2-4-17(19)23(25)30)15-11-22(29)28(13-15)16-8-9-27-18(12-16)24(26)31/h2-10,12,15H,11,13H2,1H3,(H2,25,30)(H2,26,31). The van der Waals surface area contributed by atoms with Crippen LogP contribution in [0.2, 0.25) is 0 Å². The summed E-state index contributed by atoms with van der Waals surface area (Å²) in [7, 11) is 1.52. The number of carbonyl (C=O) groups is 3. The van der Waals surface area contributed by atoms with E-state index in [1.165, 1.54) is 19.4 Å². The van der Waals surface area contributed by atoms with E-state index in [0.717, 1.165) is 5.56 Å². The van der Waals surface area contributed by atoms with E-state index < -0.39 is 11.8 Å². The maximum absolute atomic E-state index is 12.7. The van der Waals surface area contributed by atoms with Crippen LogP contribution in [0.1, 0.15) is 38.7 Å². The number of methoxy groups -OCH3 is 1. The van der Waals surface area contributed by atoms with Gasteiger partial charge in [0.05, 0.1) is 12.7 Å². The summed E-state index contributed by atoms with van der Waals surface area (Å²) in [5.74, 6) is -0.297. The fourth-order valence-corrected chi connectivity index (χ4v) is 3.81. The number of ether oxygens (including phenoxy) is 2. The number of primary amides is 2. The number of benzene rings is 2. The molecule has 0 saturated carbocycles. The number of aromatic nitrogens is 1. The monoisotopic (exact) mass is 446 g/mol. The van der Waals surface area contributed by atoms with Crippen LogP contribution in [-0.2, 0) is 4.79 Å². The maximum Gasteiger partial charge on any atom is 0.267 e. The van der Waals surface area contributed by atoms with E-state index in [1.807, 2.05) is 6.07 Å². The summed E-state index contributed by atoms with van der Waals surface area (Å²) < 4.78 is 11.4. The first-order valence-corrected chi connectivity index (χ1v) is 10.2. The molecule has 1 fully saturated rings. The van der Waals surface area contributed by atoms with Gasteiger partial charge in [-0.15, -0.1) is 0 Å². The Morgan fingerprint density at radius 3 is 2.52 bits per heavy atom. The highest BCUT2D eigenvalue weighted by Gasteiger charge is 2.32. The predicted octanol–water partition coefficient (Wildman–Crippen LogP) is 2.60. The zero-order valence-corrected chi connectivity index (χ0v) is 17.9. The molecule has 4 N–H and O–H groups in total. The van der Waals surface area contributed by atoms with Crippen molar-refractivity contribution in [2.45, 2.75) is 12.3 Å². The molecule has 0 spiro atoms. The van der Waals surface area contributed by atoms with Crippen molar-refractivity contribution in [2.75, 3.05) is 18.6 Å². The quantitative estimate of drug-likeness (QED) is 0.572. The van der Waals surface area contributed by atoms with E-state index in [4.69, 9.17) is 20.9 Å². The first-order valence-electron chi connectivity index (χ1n) is 10.2. The van der Waals surface area contributed by atoms with Gasteiger partial charge in [0.15, 0.2) is 11.5 Å². The minimum atomic E-state index is -0.659. The molecule has 33 heavy (non-hydrogen) atoms. The summed E-state index contributed by atoms with van der Waals surface area (Å²) in [6.45, 7) is 0.407. The number of nitrogens with zero attached hydrogens (tertiary/aromatic N) is 2. The Bertz CT molecular complexity index is 1240. The van der Waals surface area contributed by atoms with Gasteiger partial charge in [-0.1, -0.05) is 18.2 Å². The van der Waals surface area contributed by atoms with Crippen LogP contribution < -0.4 is 25.8 Å². The van der Waals surface area contributed by atoms with Crippen molar-refractivity contribution in [3.05, 3.63) is 77.6 Å². The average molecular weight is 446 g/mol. The third-order valence-electron chi connectivity index (χ3n) is 5.46. The molecule has 9 nitrogen and oxygen atoms in total. The van der Waals surface area contributed by atoms with Crippen LogP contribution in [0.15, 0.2) is 60.8 Å². The van der Waals surface area contributed by atoms with Gasteiger partial charge in [-0.3, -0.25) is 19.4 Å². The van der Waals surface area contributed by atoms with Gasteiger partial charge in [0.1, 0.15) is 11.4 Å². The molecule has 1 saturated heterocycles. The molecule has 0 radical (unpaired) electrons. The van der Waals surface area contributed by atoms with Crippen molar-refractivity contribution >= 4 is 23.4 Å². The van der Waals surface area contributed by atoms with Gasteiger partial charge in [-0.2, -0.15) is 0 Å². The van der Waals surface area contributed by atoms with E-state index >= 15 is 0 Å². The van der Waals surface area contributed by atoms with E-state index in [2.05, 4.69) is 4.98 Å². The molecular formula is C24H22N4O5. The number of hydrogen-bond donors (Lipinski definition) is 2. The molecule has 2 heterocycles. The Morgan fingerprint density at radius 2 is 1.79 bits per heavy atom. The Balaban J connectivity index is 1.62. The molecule has 1 aliphatic rings. The van der Waals surface area contributed by atoms with Gasteiger partial charge in [0.25, 0.3) is 11.8 Å². The van der Waals surface area contributed by atoms with E-state index in [0.29, 0.717) is 29.5 Å². The molecule has 9 heteroatoms. The number of rotatable bonds is 7. The van der Waals surface area contributed by atoms with Crippen LogP contribution in [0.3, 0.4) is 0 Å². The summed E-state index contributed by atoms with van der Waals surface area (Å²) in [6.07, 6.45) is 1.73. The number of para-hydroxylation sites is 1. The van der Waals surface area contributed by atoms with Crippen molar-refractivity contribution in [1.82, 2.24) is 4.98 Å². The molecule has 2 aromatic carbocycles. The maximum atomic E-state index is 12.7. The predicted molar refractivity (Wildman–Crippen MR) is 120 cm³/mol. The lowest BCUT2D eigenvalue weighted by molar-refractivity contribution is -0.117. The van der Waals surface area contributed by atoms with Crippen LogP contribution in [0, 0.1) is 0 Å². The summed E-state index contributed by atoms with van der Waals surface area (Å²) >= 11 is 0. The SMILES string of the molecule is COc1ccc(C2CC(=O)N(c3ccnc(C(N)=O)c3)C2)cc1Oc1ccccc1C(N)=O. The van der Waals surface area contributed by atoms with Gasteiger partial charge >= 0.3 is 0 Å². The number of nitrogens with two attached hydrogens (primary N) is 2. The fourth-order valence-electron chi connectivity index (χ4n) is 3.81. The van der Waals surface area contributed by atoms with Gasteiger partial charge in [0, 0.05) is 30.8 Å². The van der Waals surface area contributed by atoms with Gasteiger partial charge in [-0.05, 0) is 42.0 Å². The Morgan fingerprint density at radius 1 is 1.00 bits per heavy atom. The van der Waals surface area contributed by atoms with Crippen LogP contribution in [0.5, 0.6) is 17.2 Å². The molecule has 0 bridgehead atoms. The highest BCUT2D eigenvalue weighted by atomic mass is 16.5. The Hall–Kier alpha value is -4.40. The van der Waals surface area contributed by atoms with Crippen molar-refractivity contribution in [3.63, 3.8) is 0 Å². The summed E-state index contributed by atoms with van der Waals surface area (Å²) in [5, 5.41) is 0. The lowest BCUT2D eigenvalue weighted by Gasteiger charge is -2.18. The third-order valence-corrected chi connectivity index (χ3v) is 5.46. The molecule has 1 aliphatic heterocycles. The van der Waals surface area contributed by atoms with Crippen LogP contribution in [0.25, 0.3) is 0 Å². The zero-order chi connectivity index (χ0) is 23.5. The molecule has 1 atom stereocenters. The van der Waals surface area contributed by atoms with Gasteiger partial charge < -0.3 is 25.8 Å². The van der Waals surface area contributed by atoms with Crippen molar-refractivity contribution in [2.24, 2.45) is 11.5 Å².